The van der Waals surface area contributed by atoms with Gasteiger partial charge in [0.05, 0.1) is 12.5 Å². The molecule has 1 heterocycles. The normalized spacial score (nSPS) is 18.1. The molecule has 0 saturated heterocycles. The summed E-state index contributed by atoms with van der Waals surface area (Å²) in [6.45, 7) is 0.466. The number of urea groups is 1. The van der Waals surface area contributed by atoms with E-state index in [4.69, 9.17) is 10.5 Å². The first kappa shape index (κ1) is 10.5. The van der Waals surface area contributed by atoms with Gasteiger partial charge in [-0.3, -0.25) is 10.1 Å². The lowest BCUT2D eigenvalue weighted by molar-refractivity contribution is -0.122. The molecule has 16 heavy (non-hydrogen) atoms. The van der Waals surface area contributed by atoms with Crippen LogP contribution in [-0.2, 0) is 4.79 Å². The number of hydrogen-bond acceptors (Lipinski definition) is 3. The van der Waals surface area contributed by atoms with Gasteiger partial charge in [0.1, 0.15) is 5.75 Å². The van der Waals surface area contributed by atoms with Crippen LogP contribution in [0.25, 0.3) is 0 Å². The van der Waals surface area contributed by atoms with Crippen LogP contribution in [0.4, 0.5) is 4.79 Å². The number of rotatable bonds is 1. The number of amides is 3. The van der Waals surface area contributed by atoms with Crippen molar-refractivity contribution >= 4 is 11.9 Å². The molecule has 0 fully saturated rings. The van der Waals surface area contributed by atoms with Crippen LogP contribution in [0.2, 0.25) is 0 Å². The number of imide groups is 1. The van der Waals surface area contributed by atoms with Gasteiger partial charge in [-0.25, -0.2) is 4.79 Å². The standard InChI is InChI=1S/C11H12N2O3/c12-11(15)13-10(14)8-5-6-16-9-4-2-1-3-7(8)9/h1-4,8H,5-6H2,(H3,12,13,14,15). The molecule has 1 aliphatic rings. The Labute approximate surface area is 92.6 Å². The zero-order valence-corrected chi connectivity index (χ0v) is 8.60. The lowest BCUT2D eigenvalue weighted by Crippen LogP contribution is -2.39. The zero-order chi connectivity index (χ0) is 11.5. The lowest BCUT2D eigenvalue weighted by Gasteiger charge is -2.24. The van der Waals surface area contributed by atoms with Crippen LogP contribution in [0.3, 0.4) is 0 Å². The first-order valence-electron chi connectivity index (χ1n) is 5.00. The molecule has 0 bridgehead atoms. The van der Waals surface area contributed by atoms with Gasteiger partial charge in [-0.15, -0.1) is 0 Å². The quantitative estimate of drug-likeness (QED) is 0.732. The summed E-state index contributed by atoms with van der Waals surface area (Å²) < 4.78 is 5.41. The van der Waals surface area contributed by atoms with Crippen molar-refractivity contribution < 1.29 is 14.3 Å². The van der Waals surface area contributed by atoms with Gasteiger partial charge in [-0.05, 0) is 12.5 Å². The number of carbonyl (C=O) groups is 2. The summed E-state index contributed by atoms with van der Waals surface area (Å²) in [6.07, 6.45) is 0.552. The molecule has 1 aromatic carbocycles. The molecular formula is C11H12N2O3. The Kier molecular flexibility index (Phi) is 2.76. The Morgan fingerprint density at radius 3 is 2.88 bits per heavy atom. The molecule has 0 aromatic heterocycles. The van der Waals surface area contributed by atoms with Gasteiger partial charge < -0.3 is 10.5 Å². The minimum absolute atomic E-state index is 0.363. The second-order valence-corrected chi connectivity index (χ2v) is 3.58. The van der Waals surface area contributed by atoms with Gasteiger partial charge >= 0.3 is 6.03 Å². The highest BCUT2D eigenvalue weighted by Gasteiger charge is 2.27. The Morgan fingerprint density at radius 1 is 1.38 bits per heavy atom. The van der Waals surface area contributed by atoms with Crippen molar-refractivity contribution in [2.24, 2.45) is 5.73 Å². The topological polar surface area (TPSA) is 81.4 Å². The highest BCUT2D eigenvalue weighted by atomic mass is 16.5. The Balaban J connectivity index is 2.24. The molecule has 5 heteroatoms. The van der Waals surface area contributed by atoms with Crippen LogP contribution >= 0.6 is 0 Å². The molecule has 5 nitrogen and oxygen atoms in total. The third-order valence-corrected chi connectivity index (χ3v) is 2.52. The van der Waals surface area contributed by atoms with Crippen LogP contribution < -0.4 is 15.8 Å². The SMILES string of the molecule is NC(=O)NC(=O)C1CCOc2ccccc21. The predicted molar refractivity (Wildman–Crippen MR) is 57.0 cm³/mol. The fourth-order valence-corrected chi connectivity index (χ4v) is 1.82. The van der Waals surface area contributed by atoms with Gasteiger partial charge in [-0.2, -0.15) is 0 Å². The summed E-state index contributed by atoms with van der Waals surface area (Å²) >= 11 is 0. The third kappa shape index (κ3) is 1.98. The van der Waals surface area contributed by atoms with Crippen LogP contribution in [0.5, 0.6) is 5.75 Å². The molecule has 1 aromatic rings. The van der Waals surface area contributed by atoms with E-state index in [1.54, 1.807) is 6.07 Å². The van der Waals surface area contributed by atoms with E-state index < -0.39 is 6.03 Å². The summed E-state index contributed by atoms with van der Waals surface area (Å²) in [7, 11) is 0. The number of fused-ring (bicyclic) bond motifs is 1. The Bertz CT molecular complexity index is 431. The number of nitrogens with one attached hydrogen (secondary N) is 1. The van der Waals surface area contributed by atoms with Crippen LogP contribution in [0, 0.1) is 0 Å². The Morgan fingerprint density at radius 2 is 2.12 bits per heavy atom. The second-order valence-electron chi connectivity index (χ2n) is 3.58. The van der Waals surface area contributed by atoms with Crippen molar-refractivity contribution in [1.29, 1.82) is 0 Å². The van der Waals surface area contributed by atoms with Crippen LogP contribution in [0.1, 0.15) is 17.9 Å². The van der Waals surface area contributed by atoms with Crippen LogP contribution in [0.15, 0.2) is 24.3 Å². The highest BCUT2D eigenvalue weighted by Crippen LogP contribution is 2.33. The number of nitrogens with two attached hydrogens (primary N) is 1. The minimum atomic E-state index is -0.825. The molecule has 1 unspecified atom stereocenters. The average Bonchev–Trinajstić information content (AvgIpc) is 2.27. The zero-order valence-electron chi connectivity index (χ0n) is 8.60. The lowest BCUT2D eigenvalue weighted by atomic mass is 9.92. The van der Waals surface area contributed by atoms with Gasteiger partial charge in [0.25, 0.3) is 0 Å². The van der Waals surface area contributed by atoms with E-state index in [1.165, 1.54) is 0 Å². The predicted octanol–water partition coefficient (Wildman–Crippen LogP) is 0.748. The average molecular weight is 220 g/mol. The number of primary amides is 1. The van der Waals surface area contributed by atoms with E-state index in [-0.39, 0.29) is 11.8 Å². The number of ether oxygens (including phenoxy) is 1. The number of benzene rings is 1. The first-order valence-corrected chi connectivity index (χ1v) is 5.00. The fourth-order valence-electron chi connectivity index (χ4n) is 1.82. The maximum atomic E-state index is 11.7. The van der Waals surface area contributed by atoms with Crippen molar-refractivity contribution in [1.82, 2.24) is 5.32 Å². The maximum absolute atomic E-state index is 11.7. The number of para-hydroxylation sites is 1. The van der Waals surface area contributed by atoms with Crippen molar-refractivity contribution in [3.63, 3.8) is 0 Å². The van der Waals surface area contributed by atoms with Gasteiger partial charge in [0, 0.05) is 5.56 Å². The second kappa shape index (κ2) is 4.22. The van der Waals surface area contributed by atoms with E-state index in [2.05, 4.69) is 5.32 Å². The summed E-state index contributed by atoms with van der Waals surface area (Å²) in [5, 5.41) is 2.10. The molecular weight excluding hydrogens is 208 g/mol. The molecule has 3 N–H and O–H groups in total. The molecule has 1 aliphatic heterocycles. The molecule has 0 spiro atoms. The highest BCUT2D eigenvalue weighted by molar-refractivity contribution is 5.97. The number of hydrogen-bond donors (Lipinski definition) is 2. The summed E-state index contributed by atoms with van der Waals surface area (Å²) in [6, 6.07) is 6.47. The van der Waals surface area contributed by atoms with Gasteiger partial charge in [0.2, 0.25) is 5.91 Å². The molecule has 1 atom stereocenters. The van der Waals surface area contributed by atoms with E-state index in [0.717, 1.165) is 5.56 Å². The molecule has 84 valence electrons. The molecule has 3 amide bonds. The van der Waals surface area contributed by atoms with E-state index >= 15 is 0 Å². The molecule has 2 rings (SSSR count). The molecule has 0 aliphatic carbocycles. The van der Waals surface area contributed by atoms with E-state index in [9.17, 15) is 9.59 Å². The minimum Gasteiger partial charge on any atom is -0.493 e. The smallest absolute Gasteiger partial charge is 0.318 e. The fraction of sp³-hybridized carbons (Fsp3) is 0.273. The van der Waals surface area contributed by atoms with Crippen molar-refractivity contribution in [3.8, 4) is 5.75 Å². The van der Waals surface area contributed by atoms with Crippen molar-refractivity contribution in [3.05, 3.63) is 29.8 Å². The third-order valence-electron chi connectivity index (χ3n) is 2.52. The molecule has 0 saturated carbocycles. The van der Waals surface area contributed by atoms with Gasteiger partial charge in [0.15, 0.2) is 0 Å². The van der Waals surface area contributed by atoms with E-state index in [1.807, 2.05) is 18.2 Å². The van der Waals surface area contributed by atoms with E-state index in [0.29, 0.717) is 18.8 Å². The van der Waals surface area contributed by atoms with Crippen molar-refractivity contribution in [2.75, 3.05) is 6.61 Å². The van der Waals surface area contributed by atoms with Crippen LogP contribution in [-0.4, -0.2) is 18.5 Å². The van der Waals surface area contributed by atoms with Gasteiger partial charge in [-0.1, -0.05) is 18.2 Å². The molecule has 0 radical (unpaired) electrons. The van der Waals surface area contributed by atoms with Crippen molar-refractivity contribution in [2.45, 2.75) is 12.3 Å². The maximum Gasteiger partial charge on any atom is 0.318 e. The first-order chi connectivity index (χ1) is 7.68. The number of carbonyl (C=O) groups excluding carboxylic acids is 2. The monoisotopic (exact) mass is 220 g/mol. The summed E-state index contributed by atoms with van der Waals surface area (Å²) in [5.41, 5.74) is 5.72. The summed E-state index contributed by atoms with van der Waals surface area (Å²) in [5.74, 6) is -0.0425. The largest absolute Gasteiger partial charge is 0.493 e. The summed E-state index contributed by atoms with van der Waals surface area (Å²) in [4.78, 5) is 22.3. The Hall–Kier alpha value is -2.04.